The standard InChI is InChI=1S/C14H18N4S2/c1-19-14-7-6-12(17-18-14)15-9-8-13-16-10-4-2-3-5-11(10)20-13/h6-7H,2-5,8-9H2,1H3,(H,15,17). The summed E-state index contributed by atoms with van der Waals surface area (Å²) >= 11 is 3.49. The molecule has 2 heterocycles. The minimum absolute atomic E-state index is 0.837. The third kappa shape index (κ3) is 3.30. The molecular formula is C14H18N4S2. The fourth-order valence-electron chi connectivity index (χ4n) is 2.33. The Bertz CT molecular complexity index is 542. The summed E-state index contributed by atoms with van der Waals surface area (Å²) in [5.41, 5.74) is 1.35. The van der Waals surface area contributed by atoms with Crippen LogP contribution in [0.5, 0.6) is 0 Å². The zero-order chi connectivity index (χ0) is 13.8. The van der Waals surface area contributed by atoms with Gasteiger partial charge in [-0.05, 0) is 44.1 Å². The molecule has 106 valence electrons. The van der Waals surface area contributed by atoms with Gasteiger partial charge in [0.25, 0.3) is 0 Å². The number of nitrogens with one attached hydrogen (secondary N) is 1. The van der Waals surface area contributed by atoms with E-state index < -0.39 is 0 Å². The highest BCUT2D eigenvalue weighted by Gasteiger charge is 2.14. The predicted molar refractivity (Wildman–Crippen MR) is 84.8 cm³/mol. The second-order valence-electron chi connectivity index (χ2n) is 4.82. The first-order valence-electron chi connectivity index (χ1n) is 6.94. The van der Waals surface area contributed by atoms with E-state index in [1.165, 1.54) is 41.3 Å². The Morgan fingerprint density at radius 3 is 2.90 bits per heavy atom. The molecule has 1 aliphatic carbocycles. The average Bonchev–Trinajstić information content (AvgIpc) is 2.90. The summed E-state index contributed by atoms with van der Waals surface area (Å²) in [6.07, 6.45) is 7.98. The van der Waals surface area contributed by atoms with Crippen molar-refractivity contribution in [3.8, 4) is 0 Å². The Kier molecular flexibility index (Phi) is 4.52. The molecule has 3 rings (SSSR count). The molecule has 1 aliphatic rings. The van der Waals surface area contributed by atoms with Crippen LogP contribution in [0.25, 0.3) is 0 Å². The van der Waals surface area contributed by atoms with E-state index >= 15 is 0 Å². The van der Waals surface area contributed by atoms with E-state index in [0.717, 1.165) is 23.8 Å². The molecule has 0 bridgehead atoms. The molecule has 0 aromatic carbocycles. The number of aromatic nitrogens is 3. The van der Waals surface area contributed by atoms with Gasteiger partial charge in [0.2, 0.25) is 0 Å². The van der Waals surface area contributed by atoms with Gasteiger partial charge in [0.05, 0.1) is 10.7 Å². The van der Waals surface area contributed by atoms with Crippen LogP contribution < -0.4 is 5.32 Å². The number of hydrogen-bond acceptors (Lipinski definition) is 6. The summed E-state index contributed by atoms with van der Waals surface area (Å²) < 4.78 is 0. The zero-order valence-electron chi connectivity index (χ0n) is 11.6. The van der Waals surface area contributed by atoms with Gasteiger partial charge in [-0.3, -0.25) is 0 Å². The van der Waals surface area contributed by atoms with E-state index in [2.05, 4.69) is 15.5 Å². The second kappa shape index (κ2) is 6.54. The third-order valence-corrected chi connectivity index (χ3v) is 5.24. The van der Waals surface area contributed by atoms with Crippen molar-refractivity contribution in [1.82, 2.24) is 15.2 Å². The number of anilines is 1. The molecule has 0 atom stereocenters. The topological polar surface area (TPSA) is 50.7 Å². The quantitative estimate of drug-likeness (QED) is 0.860. The zero-order valence-corrected chi connectivity index (χ0v) is 13.2. The maximum absolute atomic E-state index is 4.75. The Hall–Kier alpha value is -1.14. The predicted octanol–water partition coefficient (Wildman–Crippen LogP) is 3.19. The van der Waals surface area contributed by atoms with Crippen LogP contribution in [-0.4, -0.2) is 28.0 Å². The number of aryl methyl sites for hydroxylation is 2. The molecule has 2 aromatic rings. The van der Waals surface area contributed by atoms with Crippen LogP contribution >= 0.6 is 23.1 Å². The Labute approximate surface area is 127 Å². The number of thioether (sulfide) groups is 1. The van der Waals surface area contributed by atoms with Gasteiger partial charge >= 0.3 is 0 Å². The molecule has 0 saturated heterocycles. The monoisotopic (exact) mass is 306 g/mol. The normalized spacial score (nSPS) is 14.1. The summed E-state index contributed by atoms with van der Waals surface area (Å²) in [4.78, 5) is 6.26. The number of fused-ring (bicyclic) bond motifs is 1. The summed E-state index contributed by atoms with van der Waals surface area (Å²) in [6, 6.07) is 3.97. The van der Waals surface area contributed by atoms with Crippen molar-refractivity contribution in [2.75, 3.05) is 18.1 Å². The number of nitrogens with zero attached hydrogens (tertiary/aromatic N) is 3. The lowest BCUT2D eigenvalue weighted by Crippen LogP contribution is -2.07. The van der Waals surface area contributed by atoms with Crippen LogP contribution in [0.4, 0.5) is 5.82 Å². The molecule has 1 N–H and O–H groups in total. The van der Waals surface area contributed by atoms with Gasteiger partial charge in [0, 0.05) is 17.8 Å². The van der Waals surface area contributed by atoms with Crippen LogP contribution in [0.2, 0.25) is 0 Å². The van der Waals surface area contributed by atoms with E-state index in [1.54, 1.807) is 11.8 Å². The van der Waals surface area contributed by atoms with E-state index in [4.69, 9.17) is 4.98 Å². The smallest absolute Gasteiger partial charge is 0.148 e. The molecule has 0 aliphatic heterocycles. The molecular weight excluding hydrogens is 288 g/mol. The minimum Gasteiger partial charge on any atom is -0.368 e. The summed E-state index contributed by atoms with van der Waals surface area (Å²) in [5.74, 6) is 0.837. The van der Waals surface area contributed by atoms with Crippen molar-refractivity contribution in [1.29, 1.82) is 0 Å². The van der Waals surface area contributed by atoms with Crippen LogP contribution in [0.1, 0.15) is 28.4 Å². The van der Waals surface area contributed by atoms with Crippen LogP contribution in [0, 0.1) is 0 Å². The SMILES string of the molecule is CSc1ccc(NCCc2nc3c(s2)CCCC3)nn1. The van der Waals surface area contributed by atoms with E-state index in [9.17, 15) is 0 Å². The first-order chi connectivity index (χ1) is 9.85. The van der Waals surface area contributed by atoms with Gasteiger partial charge in [-0.15, -0.1) is 33.3 Å². The minimum atomic E-state index is 0.837. The Morgan fingerprint density at radius 2 is 2.15 bits per heavy atom. The van der Waals surface area contributed by atoms with Crippen molar-refractivity contribution in [2.45, 2.75) is 37.1 Å². The van der Waals surface area contributed by atoms with Gasteiger partial charge in [0.1, 0.15) is 10.8 Å². The first-order valence-corrected chi connectivity index (χ1v) is 8.98. The van der Waals surface area contributed by atoms with E-state index in [0.29, 0.717) is 0 Å². The number of rotatable bonds is 5. The average molecular weight is 306 g/mol. The lowest BCUT2D eigenvalue weighted by molar-refractivity contribution is 0.680. The molecule has 6 heteroatoms. The highest BCUT2D eigenvalue weighted by molar-refractivity contribution is 7.98. The number of thiazole rings is 1. The Morgan fingerprint density at radius 1 is 1.25 bits per heavy atom. The third-order valence-electron chi connectivity index (χ3n) is 3.38. The van der Waals surface area contributed by atoms with Gasteiger partial charge in [-0.2, -0.15) is 0 Å². The maximum atomic E-state index is 4.75. The molecule has 0 amide bonds. The molecule has 2 aromatic heterocycles. The van der Waals surface area contributed by atoms with Crippen molar-refractivity contribution in [3.63, 3.8) is 0 Å². The van der Waals surface area contributed by atoms with Crippen molar-refractivity contribution in [3.05, 3.63) is 27.7 Å². The van der Waals surface area contributed by atoms with Gasteiger partial charge in [-0.1, -0.05) is 0 Å². The largest absolute Gasteiger partial charge is 0.368 e. The molecule has 0 spiro atoms. The summed E-state index contributed by atoms with van der Waals surface area (Å²) in [5, 5.41) is 13.8. The first kappa shape index (κ1) is 13.8. The molecule has 0 saturated carbocycles. The van der Waals surface area contributed by atoms with Crippen LogP contribution in [0.15, 0.2) is 17.2 Å². The van der Waals surface area contributed by atoms with E-state index in [1.807, 2.05) is 29.7 Å². The summed E-state index contributed by atoms with van der Waals surface area (Å²) in [7, 11) is 0. The van der Waals surface area contributed by atoms with E-state index in [-0.39, 0.29) is 0 Å². The molecule has 0 fully saturated rings. The summed E-state index contributed by atoms with van der Waals surface area (Å²) in [6.45, 7) is 0.861. The fraction of sp³-hybridized carbons (Fsp3) is 0.500. The lowest BCUT2D eigenvalue weighted by Gasteiger charge is -2.06. The highest BCUT2D eigenvalue weighted by Crippen LogP contribution is 2.26. The van der Waals surface area contributed by atoms with Crippen LogP contribution in [0.3, 0.4) is 0 Å². The van der Waals surface area contributed by atoms with Gasteiger partial charge in [0.15, 0.2) is 0 Å². The lowest BCUT2D eigenvalue weighted by atomic mass is 10.0. The molecule has 0 radical (unpaired) electrons. The van der Waals surface area contributed by atoms with Crippen molar-refractivity contribution < 1.29 is 0 Å². The Balaban J connectivity index is 1.52. The maximum Gasteiger partial charge on any atom is 0.148 e. The molecule has 20 heavy (non-hydrogen) atoms. The fourth-order valence-corrected chi connectivity index (χ4v) is 3.82. The van der Waals surface area contributed by atoms with Crippen molar-refractivity contribution in [2.24, 2.45) is 0 Å². The highest BCUT2D eigenvalue weighted by atomic mass is 32.2. The van der Waals surface area contributed by atoms with Gasteiger partial charge < -0.3 is 5.32 Å². The van der Waals surface area contributed by atoms with Crippen LogP contribution in [-0.2, 0) is 19.3 Å². The molecule has 0 unspecified atom stereocenters. The number of hydrogen-bond donors (Lipinski definition) is 1. The van der Waals surface area contributed by atoms with Crippen molar-refractivity contribution >= 4 is 28.9 Å². The second-order valence-corrected chi connectivity index (χ2v) is 6.82. The van der Waals surface area contributed by atoms with Gasteiger partial charge in [-0.25, -0.2) is 4.98 Å². The molecule has 4 nitrogen and oxygen atoms in total.